The molecule has 0 radical (unpaired) electrons. The second-order valence-electron chi connectivity index (χ2n) is 12.5. The van der Waals surface area contributed by atoms with Crippen LogP contribution in [0.5, 0.6) is 0 Å². The molecule has 0 fully saturated rings. The molecule has 0 bridgehead atoms. The molecule has 10 rings (SSSR count). The summed E-state index contributed by atoms with van der Waals surface area (Å²) in [6.07, 6.45) is 0. The third-order valence-corrected chi connectivity index (χ3v) is 11.0. The second-order valence-corrected chi connectivity index (χ2v) is 13.6. The lowest BCUT2D eigenvalue weighted by Gasteiger charge is -2.28. The van der Waals surface area contributed by atoms with Crippen LogP contribution in [0.3, 0.4) is 0 Å². The van der Waals surface area contributed by atoms with Gasteiger partial charge in [-0.15, -0.1) is 11.3 Å². The molecule has 1 aromatic heterocycles. The summed E-state index contributed by atoms with van der Waals surface area (Å²) in [5.41, 5.74) is 5.85. The maximum absolute atomic E-state index is 2.45. The lowest BCUT2D eigenvalue weighted by Crippen LogP contribution is -2.10. The third kappa shape index (κ3) is 4.31. The predicted molar refractivity (Wildman–Crippen MR) is 209 cm³/mol. The molecule has 0 aliphatic rings. The van der Waals surface area contributed by atoms with Crippen LogP contribution in [0.1, 0.15) is 0 Å². The Morgan fingerprint density at radius 1 is 0.312 bits per heavy atom. The summed E-state index contributed by atoms with van der Waals surface area (Å²) in [7, 11) is 0. The Hall–Kier alpha value is -5.96. The van der Waals surface area contributed by atoms with E-state index in [2.05, 4.69) is 181 Å². The summed E-state index contributed by atoms with van der Waals surface area (Å²) in [6, 6.07) is 64.7. The van der Waals surface area contributed by atoms with Crippen LogP contribution < -0.4 is 4.90 Å². The Morgan fingerprint density at radius 3 is 1.88 bits per heavy atom. The molecule has 1 heterocycles. The van der Waals surface area contributed by atoms with Gasteiger partial charge in [0.15, 0.2) is 0 Å². The molecule has 0 unspecified atom stereocenters. The molecule has 224 valence electrons. The largest absolute Gasteiger partial charge is 0.310 e. The average molecular weight is 628 g/mol. The first-order valence-corrected chi connectivity index (χ1v) is 17.2. The number of benzene rings is 9. The van der Waals surface area contributed by atoms with E-state index in [1.165, 1.54) is 74.4 Å². The van der Waals surface area contributed by atoms with Crippen molar-refractivity contribution in [1.82, 2.24) is 0 Å². The minimum atomic E-state index is 1.13. The van der Waals surface area contributed by atoms with Gasteiger partial charge in [0.05, 0.1) is 5.69 Å². The maximum Gasteiger partial charge on any atom is 0.0540 e. The van der Waals surface area contributed by atoms with Crippen molar-refractivity contribution in [2.75, 3.05) is 4.90 Å². The van der Waals surface area contributed by atoms with E-state index in [0.29, 0.717) is 0 Å². The number of hydrogen-bond acceptors (Lipinski definition) is 2. The van der Waals surface area contributed by atoms with E-state index in [9.17, 15) is 0 Å². The number of fused-ring (bicyclic) bond motifs is 9. The zero-order valence-electron chi connectivity index (χ0n) is 26.1. The van der Waals surface area contributed by atoms with E-state index in [1.807, 2.05) is 11.3 Å². The Kier molecular flexibility index (Phi) is 6.12. The highest BCUT2D eigenvalue weighted by molar-refractivity contribution is 7.25. The van der Waals surface area contributed by atoms with E-state index in [0.717, 1.165) is 17.1 Å². The number of hydrogen-bond donors (Lipinski definition) is 0. The van der Waals surface area contributed by atoms with E-state index >= 15 is 0 Å². The van der Waals surface area contributed by atoms with Gasteiger partial charge in [-0.2, -0.15) is 0 Å². The fraction of sp³-hybridized carbons (Fsp3) is 0. The van der Waals surface area contributed by atoms with E-state index in [1.54, 1.807) is 0 Å². The SMILES string of the molecule is c1cc(-c2ccc3ccccc3c2)cc(N(c2ccc3sc4ccccc4c3c2)c2cccc3c2ccc2c4ccccc4ccc32)c1. The molecular weight excluding hydrogens is 599 g/mol. The quantitative estimate of drug-likeness (QED) is 0.176. The van der Waals surface area contributed by atoms with Gasteiger partial charge in [0.25, 0.3) is 0 Å². The molecule has 9 aromatic carbocycles. The van der Waals surface area contributed by atoms with Crippen LogP contribution in [0.25, 0.3) is 74.4 Å². The van der Waals surface area contributed by atoms with Crippen molar-refractivity contribution in [3.63, 3.8) is 0 Å². The Bertz CT molecular complexity index is 2860. The van der Waals surface area contributed by atoms with Gasteiger partial charge in [0.1, 0.15) is 0 Å². The fourth-order valence-corrected chi connectivity index (χ4v) is 8.59. The van der Waals surface area contributed by atoms with Crippen molar-refractivity contribution in [3.8, 4) is 11.1 Å². The molecular formula is C46H29NS. The van der Waals surface area contributed by atoms with Crippen LogP contribution in [0.4, 0.5) is 17.1 Å². The third-order valence-electron chi connectivity index (χ3n) is 9.81. The lowest BCUT2D eigenvalue weighted by atomic mass is 9.95. The molecule has 0 aliphatic heterocycles. The van der Waals surface area contributed by atoms with E-state index < -0.39 is 0 Å². The van der Waals surface area contributed by atoms with Crippen molar-refractivity contribution in [2.24, 2.45) is 0 Å². The zero-order valence-corrected chi connectivity index (χ0v) is 26.9. The van der Waals surface area contributed by atoms with Gasteiger partial charge in [-0.25, -0.2) is 0 Å². The zero-order chi connectivity index (χ0) is 31.6. The van der Waals surface area contributed by atoms with Gasteiger partial charge in [-0.3, -0.25) is 0 Å². The van der Waals surface area contributed by atoms with Gasteiger partial charge >= 0.3 is 0 Å². The molecule has 0 aliphatic carbocycles. The average Bonchev–Trinajstić information content (AvgIpc) is 3.53. The van der Waals surface area contributed by atoms with Crippen LogP contribution in [-0.2, 0) is 0 Å². The highest BCUT2D eigenvalue weighted by Gasteiger charge is 2.19. The monoisotopic (exact) mass is 627 g/mol. The summed E-state index contributed by atoms with van der Waals surface area (Å²) in [5.74, 6) is 0. The van der Waals surface area contributed by atoms with E-state index in [4.69, 9.17) is 0 Å². The minimum Gasteiger partial charge on any atom is -0.310 e. The highest BCUT2D eigenvalue weighted by atomic mass is 32.1. The Labute approximate surface area is 282 Å². The summed E-state index contributed by atoms with van der Waals surface area (Å²) in [6.45, 7) is 0. The van der Waals surface area contributed by atoms with Crippen molar-refractivity contribution in [3.05, 3.63) is 176 Å². The van der Waals surface area contributed by atoms with Crippen molar-refractivity contribution < 1.29 is 0 Å². The smallest absolute Gasteiger partial charge is 0.0540 e. The van der Waals surface area contributed by atoms with Crippen LogP contribution in [-0.4, -0.2) is 0 Å². The Balaban J connectivity index is 1.22. The van der Waals surface area contributed by atoms with Crippen LogP contribution in [0, 0.1) is 0 Å². The summed E-state index contributed by atoms with van der Waals surface area (Å²) in [4.78, 5) is 2.45. The molecule has 1 nitrogen and oxygen atoms in total. The second kappa shape index (κ2) is 10.8. The van der Waals surface area contributed by atoms with Gasteiger partial charge in [-0.05, 0) is 97.4 Å². The van der Waals surface area contributed by atoms with Gasteiger partial charge in [0.2, 0.25) is 0 Å². The molecule has 2 heteroatoms. The molecule has 10 aromatic rings. The minimum absolute atomic E-state index is 1.13. The number of anilines is 3. The first kappa shape index (κ1) is 27.2. The first-order valence-electron chi connectivity index (χ1n) is 16.4. The van der Waals surface area contributed by atoms with Crippen LogP contribution >= 0.6 is 11.3 Å². The Morgan fingerprint density at radius 2 is 0.938 bits per heavy atom. The van der Waals surface area contributed by atoms with Gasteiger partial charge in [0, 0.05) is 36.9 Å². The summed E-state index contributed by atoms with van der Waals surface area (Å²) in [5, 5.41) is 12.7. The predicted octanol–water partition coefficient (Wildman–Crippen LogP) is 13.8. The number of thiophene rings is 1. The normalized spacial score (nSPS) is 11.8. The summed E-state index contributed by atoms with van der Waals surface area (Å²) >= 11 is 1.86. The van der Waals surface area contributed by atoms with Gasteiger partial charge in [-0.1, -0.05) is 127 Å². The van der Waals surface area contributed by atoms with Crippen molar-refractivity contribution >= 4 is 91.7 Å². The molecule has 0 atom stereocenters. The molecule has 0 N–H and O–H groups in total. The number of rotatable bonds is 4. The maximum atomic E-state index is 2.45. The molecule has 0 saturated heterocycles. The fourth-order valence-electron chi connectivity index (χ4n) is 7.51. The van der Waals surface area contributed by atoms with Crippen molar-refractivity contribution in [1.29, 1.82) is 0 Å². The van der Waals surface area contributed by atoms with Gasteiger partial charge < -0.3 is 4.90 Å². The highest BCUT2D eigenvalue weighted by Crippen LogP contribution is 2.45. The lowest BCUT2D eigenvalue weighted by molar-refractivity contribution is 1.31. The number of nitrogens with zero attached hydrogens (tertiary/aromatic N) is 1. The standard InChI is InChI=1S/C46H29NS/c1-2-11-32-27-34(20-19-30(32)9-1)33-12-7-13-35(28-33)47(36-22-26-46-43(29-36)42-15-5-6-18-45(42)48-46)44-17-8-16-38-40-23-21-31-10-3-4-14-37(31)39(40)24-25-41(38)44/h1-29H. The van der Waals surface area contributed by atoms with Crippen LogP contribution in [0.15, 0.2) is 176 Å². The summed E-state index contributed by atoms with van der Waals surface area (Å²) < 4.78 is 2.62. The molecule has 0 amide bonds. The molecule has 48 heavy (non-hydrogen) atoms. The first-order chi connectivity index (χ1) is 23.8. The molecule has 0 saturated carbocycles. The van der Waals surface area contributed by atoms with E-state index in [-0.39, 0.29) is 0 Å². The van der Waals surface area contributed by atoms with Crippen LogP contribution in [0.2, 0.25) is 0 Å². The molecule has 0 spiro atoms. The topological polar surface area (TPSA) is 3.24 Å². The van der Waals surface area contributed by atoms with Crippen molar-refractivity contribution in [2.45, 2.75) is 0 Å².